The van der Waals surface area contributed by atoms with E-state index in [9.17, 15) is 9.90 Å². The molecule has 0 amide bonds. The van der Waals surface area contributed by atoms with Crippen molar-refractivity contribution in [3.63, 3.8) is 0 Å². The highest BCUT2D eigenvalue weighted by molar-refractivity contribution is 5.75. The lowest BCUT2D eigenvalue weighted by atomic mass is 9.45. The molecule has 3 aliphatic rings. The van der Waals surface area contributed by atoms with Gasteiger partial charge in [0.15, 0.2) is 0 Å². The maximum atomic E-state index is 12.1. The Balaban J connectivity index is 1.59. The van der Waals surface area contributed by atoms with Crippen LogP contribution in [0.4, 0.5) is 5.69 Å². The van der Waals surface area contributed by atoms with Crippen molar-refractivity contribution in [3.8, 4) is 0 Å². The number of nitrogen functional groups attached to an aromatic ring is 1. The molecule has 4 rings (SSSR count). The first-order valence-electron chi connectivity index (χ1n) is 11.1. The minimum Gasteiger partial charge on any atom is -0.481 e. The number of para-hydroxylation sites is 1. The van der Waals surface area contributed by atoms with E-state index in [1.54, 1.807) is 5.57 Å². The summed E-state index contributed by atoms with van der Waals surface area (Å²) in [6, 6.07) is 8.02. The van der Waals surface area contributed by atoms with Gasteiger partial charge in [-0.25, -0.2) is 0 Å². The Kier molecular flexibility index (Phi) is 4.91. The third kappa shape index (κ3) is 3.33. The molecule has 0 aromatic heterocycles. The van der Waals surface area contributed by atoms with Gasteiger partial charge in [0.25, 0.3) is 0 Å². The van der Waals surface area contributed by atoms with Gasteiger partial charge in [0.05, 0.1) is 5.41 Å². The van der Waals surface area contributed by atoms with Crippen LogP contribution in [0.5, 0.6) is 0 Å². The zero-order chi connectivity index (χ0) is 20.9. The topological polar surface area (TPSA) is 63.3 Å². The Bertz CT molecular complexity index is 871. The first kappa shape index (κ1) is 20.3. The van der Waals surface area contributed by atoms with E-state index in [0.29, 0.717) is 5.92 Å². The molecule has 0 heterocycles. The Labute approximate surface area is 175 Å². The number of nitrogens with two attached hydrogens (primary N) is 1. The third-order valence-electron chi connectivity index (χ3n) is 8.60. The van der Waals surface area contributed by atoms with Crippen molar-refractivity contribution in [2.24, 2.45) is 28.1 Å². The summed E-state index contributed by atoms with van der Waals surface area (Å²) in [7, 11) is 0. The molecule has 0 radical (unpaired) electrons. The molecule has 2 saturated carbocycles. The maximum absolute atomic E-state index is 12.1. The molecule has 1 aromatic rings. The smallest absolute Gasteiger partial charge is 0.309 e. The summed E-state index contributed by atoms with van der Waals surface area (Å²) in [5.74, 6) is 0.178. The Morgan fingerprint density at radius 1 is 1.17 bits per heavy atom. The summed E-state index contributed by atoms with van der Waals surface area (Å²) < 4.78 is 0. The summed E-state index contributed by atoms with van der Waals surface area (Å²) in [6.07, 6.45) is 14.2. The second-order valence-corrected chi connectivity index (χ2v) is 10.5. The molecule has 29 heavy (non-hydrogen) atoms. The van der Waals surface area contributed by atoms with Crippen LogP contribution in [0, 0.1) is 28.1 Å². The van der Waals surface area contributed by atoms with Gasteiger partial charge < -0.3 is 10.8 Å². The van der Waals surface area contributed by atoms with Crippen LogP contribution >= 0.6 is 0 Å². The molecular formula is C26H35NO2. The normalized spacial score (nSPS) is 39.5. The standard InChI is InChI=1S/C26H35NO2/c1-24(15-11-18-7-4-5-8-21(18)27)16-12-20-19(17-24)9-10-22-25(20,2)13-6-14-26(22,3)23(28)29/h4-5,7-9,11,15,20,22H,6,10,12-14,16-17,27H2,1-3H3,(H,28,29)/b15-11+/t20-,22+,24-,25+,26+/m0/s1. The van der Waals surface area contributed by atoms with Crippen molar-refractivity contribution in [2.75, 3.05) is 5.73 Å². The van der Waals surface area contributed by atoms with Crippen LogP contribution in [0.15, 0.2) is 42.0 Å². The monoisotopic (exact) mass is 393 g/mol. The average Bonchev–Trinajstić information content (AvgIpc) is 2.67. The van der Waals surface area contributed by atoms with E-state index in [1.165, 1.54) is 0 Å². The predicted molar refractivity (Wildman–Crippen MR) is 119 cm³/mol. The number of carboxylic acid groups (broad SMARTS) is 1. The lowest BCUT2D eigenvalue weighted by molar-refractivity contribution is -0.163. The van der Waals surface area contributed by atoms with E-state index in [-0.39, 0.29) is 16.7 Å². The molecule has 0 unspecified atom stereocenters. The lowest BCUT2D eigenvalue weighted by Crippen LogP contribution is -2.53. The van der Waals surface area contributed by atoms with E-state index in [2.05, 4.69) is 38.1 Å². The fourth-order valence-electron chi connectivity index (χ4n) is 6.79. The molecule has 0 spiro atoms. The number of benzene rings is 1. The molecular weight excluding hydrogens is 358 g/mol. The van der Waals surface area contributed by atoms with Crippen molar-refractivity contribution >= 4 is 17.7 Å². The van der Waals surface area contributed by atoms with Crippen molar-refractivity contribution in [1.82, 2.24) is 0 Å². The Morgan fingerprint density at radius 2 is 1.93 bits per heavy atom. The van der Waals surface area contributed by atoms with Crippen LogP contribution < -0.4 is 5.73 Å². The van der Waals surface area contributed by atoms with Gasteiger partial charge in [-0.1, -0.05) is 62.3 Å². The molecule has 3 nitrogen and oxygen atoms in total. The summed E-state index contributed by atoms with van der Waals surface area (Å²) in [5.41, 5.74) is 9.26. The van der Waals surface area contributed by atoms with Gasteiger partial charge >= 0.3 is 5.97 Å². The minimum atomic E-state index is -0.602. The van der Waals surface area contributed by atoms with E-state index < -0.39 is 11.4 Å². The summed E-state index contributed by atoms with van der Waals surface area (Å²) in [5, 5.41) is 9.99. The first-order valence-corrected chi connectivity index (χ1v) is 11.1. The number of carbonyl (C=O) groups is 1. The molecule has 0 bridgehead atoms. The molecule has 5 atom stereocenters. The van der Waals surface area contributed by atoms with Gasteiger partial charge in [-0.3, -0.25) is 4.79 Å². The van der Waals surface area contributed by atoms with Gasteiger partial charge in [0.2, 0.25) is 0 Å². The molecule has 0 saturated heterocycles. The maximum Gasteiger partial charge on any atom is 0.309 e. The quantitative estimate of drug-likeness (QED) is 0.467. The van der Waals surface area contributed by atoms with E-state index in [0.717, 1.165) is 56.2 Å². The summed E-state index contributed by atoms with van der Waals surface area (Å²) in [4.78, 5) is 12.1. The largest absolute Gasteiger partial charge is 0.481 e. The summed E-state index contributed by atoms with van der Waals surface area (Å²) in [6.45, 7) is 6.74. The molecule has 3 N–H and O–H groups in total. The fraction of sp³-hybridized carbons (Fsp3) is 0.577. The number of carboxylic acids is 1. The summed E-state index contributed by atoms with van der Waals surface area (Å²) >= 11 is 0. The Hall–Kier alpha value is -2.03. The molecule has 3 heteroatoms. The highest BCUT2D eigenvalue weighted by Gasteiger charge is 2.58. The van der Waals surface area contributed by atoms with E-state index >= 15 is 0 Å². The lowest BCUT2D eigenvalue weighted by Gasteiger charge is -2.58. The number of allylic oxidation sites excluding steroid dienone is 3. The molecule has 3 aliphatic carbocycles. The fourth-order valence-corrected chi connectivity index (χ4v) is 6.79. The average molecular weight is 394 g/mol. The van der Waals surface area contributed by atoms with Crippen molar-refractivity contribution in [2.45, 2.75) is 65.7 Å². The predicted octanol–water partition coefficient (Wildman–Crippen LogP) is 6.32. The Morgan fingerprint density at radius 3 is 2.66 bits per heavy atom. The van der Waals surface area contributed by atoms with Crippen LogP contribution in [0.1, 0.15) is 71.3 Å². The third-order valence-corrected chi connectivity index (χ3v) is 8.60. The SMILES string of the molecule is C[C@]1(/C=C/c2ccccc2N)CC[C@H]2C(=CC[C@@H]3[C@]2(C)CCC[C@@]3(C)C(=O)O)C1. The second kappa shape index (κ2) is 7.04. The van der Waals surface area contributed by atoms with Crippen LogP contribution in [0.25, 0.3) is 6.08 Å². The van der Waals surface area contributed by atoms with Gasteiger partial charge in [-0.05, 0) is 79.7 Å². The van der Waals surface area contributed by atoms with E-state index in [4.69, 9.17) is 5.73 Å². The van der Waals surface area contributed by atoms with Crippen LogP contribution in [-0.2, 0) is 4.79 Å². The number of rotatable bonds is 3. The van der Waals surface area contributed by atoms with Gasteiger partial charge in [0, 0.05) is 5.69 Å². The zero-order valence-corrected chi connectivity index (χ0v) is 18.1. The minimum absolute atomic E-state index is 0.115. The molecule has 156 valence electrons. The number of hydrogen-bond acceptors (Lipinski definition) is 2. The number of aliphatic carboxylic acids is 1. The van der Waals surface area contributed by atoms with Gasteiger partial charge in [0.1, 0.15) is 0 Å². The first-order chi connectivity index (χ1) is 13.7. The highest BCUT2D eigenvalue weighted by atomic mass is 16.4. The zero-order valence-electron chi connectivity index (χ0n) is 18.1. The van der Waals surface area contributed by atoms with Crippen LogP contribution in [0.2, 0.25) is 0 Å². The molecule has 0 aliphatic heterocycles. The van der Waals surface area contributed by atoms with Gasteiger partial charge in [-0.15, -0.1) is 0 Å². The molecule has 1 aromatic carbocycles. The number of anilines is 1. The van der Waals surface area contributed by atoms with E-state index in [1.807, 2.05) is 25.1 Å². The van der Waals surface area contributed by atoms with Crippen LogP contribution in [0.3, 0.4) is 0 Å². The van der Waals surface area contributed by atoms with Crippen molar-refractivity contribution in [1.29, 1.82) is 0 Å². The number of hydrogen-bond donors (Lipinski definition) is 2. The van der Waals surface area contributed by atoms with Crippen LogP contribution in [-0.4, -0.2) is 11.1 Å². The molecule has 2 fully saturated rings. The second-order valence-electron chi connectivity index (χ2n) is 10.5. The van der Waals surface area contributed by atoms with Gasteiger partial charge in [-0.2, -0.15) is 0 Å². The van der Waals surface area contributed by atoms with Crippen molar-refractivity contribution in [3.05, 3.63) is 47.6 Å². The highest BCUT2D eigenvalue weighted by Crippen LogP contribution is 2.63. The van der Waals surface area contributed by atoms with Crippen molar-refractivity contribution < 1.29 is 9.90 Å². The number of fused-ring (bicyclic) bond motifs is 3.